The van der Waals surface area contributed by atoms with Crippen molar-refractivity contribution in [1.82, 2.24) is 19.5 Å². The molecule has 1 aliphatic carbocycles. The van der Waals surface area contributed by atoms with Crippen LogP contribution in [0.2, 0.25) is 10.0 Å². The number of alkyl halides is 2. The fourth-order valence-electron chi connectivity index (χ4n) is 4.01. The summed E-state index contributed by atoms with van der Waals surface area (Å²) >= 11 is 12.8. The number of rotatable bonds is 7. The smallest absolute Gasteiger partial charge is 0.349 e. The normalized spacial score (nSPS) is 17.6. The number of aromatic nitrogens is 3. The van der Waals surface area contributed by atoms with Crippen molar-refractivity contribution in [1.29, 1.82) is 0 Å². The summed E-state index contributed by atoms with van der Waals surface area (Å²) in [5.41, 5.74) is -4.10. The average Bonchev–Trinajstić information content (AvgIpc) is 2.79. The van der Waals surface area contributed by atoms with E-state index < -0.39 is 61.6 Å². The predicted octanol–water partition coefficient (Wildman–Crippen LogP) is 3.76. The molecule has 0 aliphatic heterocycles. The maximum absolute atomic E-state index is 13.2. The third kappa shape index (κ3) is 6.00. The first-order chi connectivity index (χ1) is 18.5. The Hall–Kier alpha value is -3.04. The maximum atomic E-state index is 13.2. The average molecular weight is 621 g/mol. The number of halogens is 4. The number of nitrogens with zero attached hydrogens (tertiary/aromatic N) is 2. The number of benzene rings is 2. The summed E-state index contributed by atoms with van der Waals surface area (Å²) in [6.07, 6.45) is -3.41. The fourth-order valence-corrected chi connectivity index (χ4v) is 5.92. The molecule has 3 aromatic rings. The minimum Gasteiger partial charge on any atom is -0.507 e. The fraction of sp³-hybridized carbons (Fsp3) is 0.375. The van der Waals surface area contributed by atoms with Gasteiger partial charge < -0.3 is 14.9 Å². The van der Waals surface area contributed by atoms with Crippen molar-refractivity contribution in [2.24, 2.45) is 0 Å². The van der Waals surface area contributed by atoms with Gasteiger partial charge >= 0.3 is 5.69 Å². The molecule has 0 radical (unpaired) electrons. The first kappa shape index (κ1) is 29.9. The number of hydrogen-bond acceptors (Lipinski definition) is 8. The third-order valence-electron chi connectivity index (χ3n) is 6.09. The van der Waals surface area contributed by atoms with Crippen molar-refractivity contribution in [3.63, 3.8) is 0 Å². The summed E-state index contributed by atoms with van der Waals surface area (Å²) < 4.78 is 61.2. The zero-order chi connectivity index (χ0) is 29.7. The first-order valence-electron chi connectivity index (χ1n) is 11.7. The minimum absolute atomic E-state index is 0.0183. The van der Waals surface area contributed by atoms with E-state index in [4.69, 9.17) is 27.9 Å². The molecule has 2 aromatic carbocycles. The highest BCUT2D eigenvalue weighted by Crippen LogP contribution is 2.44. The molecule has 16 heteroatoms. The quantitative estimate of drug-likeness (QED) is 0.310. The Kier molecular flexibility index (Phi) is 8.04. The van der Waals surface area contributed by atoms with E-state index in [1.54, 1.807) is 25.8 Å². The summed E-state index contributed by atoms with van der Waals surface area (Å²) in [6, 6.07) is 4.10. The summed E-state index contributed by atoms with van der Waals surface area (Å²) in [4.78, 5) is 25.1. The van der Waals surface area contributed by atoms with Crippen LogP contribution in [-0.2, 0) is 15.4 Å². The molecule has 0 spiro atoms. The standard InChI is InChI=1S/C24H24Cl2F2N4O7S/c1-24(2,3)13-8-16(34)18(40(37,38)31-10-4-12(33)5-10)9-17(13)39-20-14(25)6-11(7-15(20)26)32-23(36)29-22(35)19(30-32)21(27)28/h6-10,12,21,31,33-34H,4-5H2,1-3H3,(H,29,35,36)/t10-,12-. The zero-order valence-electron chi connectivity index (χ0n) is 21.2. The molecule has 1 aromatic heterocycles. The van der Waals surface area contributed by atoms with E-state index in [9.17, 15) is 37.0 Å². The number of ether oxygens (including phenoxy) is 1. The lowest BCUT2D eigenvalue weighted by Crippen LogP contribution is -2.46. The Morgan fingerprint density at radius 3 is 2.27 bits per heavy atom. The Morgan fingerprint density at radius 2 is 1.75 bits per heavy atom. The number of aliphatic hydroxyl groups is 1. The Balaban J connectivity index is 1.78. The van der Waals surface area contributed by atoms with Crippen LogP contribution >= 0.6 is 23.2 Å². The number of sulfonamides is 1. The Bertz CT molecular complexity index is 1680. The summed E-state index contributed by atoms with van der Waals surface area (Å²) in [6.45, 7) is 5.37. The highest BCUT2D eigenvalue weighted by Gasteiger charge is 2.34. The van der Waals surface area contributed by atoms with Crippen molar-refractivity contribution >= 4 is 33.2 Å². The largest absolute Gasteiger partial charge is 0.507 e. The molecule has 4 rings (SSSR count). The number of H-pyrrole nitrogens is 1. The SMILES string of the molecule is CC(C)(C)c1cc(O)c(S(=O)(=O)N[C@H]2C[C@H](O)C2)cc1Oc1c(Cl)cc(-n2nc(C(F)F)c(=O)[nH]c2=O)cc1Cl. The van der Waals surface area contributed by atoms with E-state index >= 15 is 0 Å². The maximum Gasteiger partial charge on any atom is 0.349 e. The van der Waals surface area contributed by atoms with Crippen molar-refractivity contribution in [2.45, 2.75) is 62.5 Å². The number of aromatic hydroxyl groups is 1. The molecule has 11 nitrogen and oxygen atoms in total. The highest BCUT2D eigenvalue weighted by molar-refractivity contribution is 7.89. The number of hydrogen-bond donors (Lipinski definition) is 4. The molecule has 1 aliphatic rings. The minimum atomic E-state index is -4.23. The molecule has 0 atom stereocenters. The van der Waals surface area contributed by atoms with Gasteiger partial charge in [0.15, 0.2) is 11.4 Å². The molecule has 0 amide bonds. The van der Waals surface area contributed by atoms with Crippen LogP contribution in [0.4, 0.5) is 8.78 Å². The lowest BCUT2D eigenvalue weighted by molar-refractivity contribution is 0.0712. The van der Waals surface area contributed by atoms with E-state index in [2.05, 4.69) is 9.82 Å². The highest BCUT2D eigenvalue weighted by atomic mass is 35.5. The number of phenolic OH excluding ortho intramolecular Hbond substituents is 1. The molecular weight excluding hydrogens is 597 g/mol. The summed E-state index contributed by atoms with van der Waals surface area (Å²) in [7, 11) is -4.23. The molecule has 4 N–H and O–H groups in total. The zero-order valence-corrected chi connectivity index (χ0v) is 23.5. The molecule has 216 valence electrons. The lowest BCUT2D eigenvalue weighted by Gasteiger charge is -2.32. The monoisotopic (exact) mass is 620 g/mol. The van der Waals surface area contributed by atoms with Crippen LogP contribution in [0.15, 0.2) is 38.8 Å². The van der Waals surface area contributed by atoms with Gasteiger partial charge in [0, 0.05) is 17.7 Å². The Labute approximate surface area is 236 Å². The van der Waals surface area contributed by atoms with Gasteiger partial charge in [-0.2, -0.15) is 9.78 Å². The number of nitrogens with one attached hydrogen (secondary N) is 2. The number of phenols is 1. The van der Waals surface area contributed by atoms with Crippen molar-refractivity contribution in [2.75, 3.05) is 0 Å². The van der Waals surface area contributed by atoms with E-state index in [1.807, 2.05) is 0 Å². The van der Waals surface area contributed by atoms with Gasteiger partial charge in [0.25, 0.3) is 12.0 Å². The van der Waals surface area contributed by atoms with Crippen LogP contribution in [0, 0.1) is 0 Å². The van der Waals surface area contributed by atoms with Gasteiger partial charge in [-0.1, -0.05) is 44.0 Å². The van der Waals surface area contributed by atoms with E-state index in [1.165, 1.54) is 6.07 Å². The van der Waals surface area contributed by atoms with Crippen LogP contribution in [0.3, 0.4) is 0 Å². The summed E-state index contributed by atoms with van der Waals surface area (Å²) in [5, 5.41) is 23.1. The van der Waals surface area contributed by atoms with E-state index in [0.29, 0.717) is 10.2 Å². The second-order valence-corrected chi connectivity index (χ2v) is 12.7. The molecule has 0 unspecified atom stereocenters. The summed E-state index contributed by atoms with van der Waals surface area (Å²) in [5.74, 6) is -0.723. The van der Waals surface area contributed by atoms with E-state index in [-0.39, 0.29) is 40.1 Å². The van der Waals surface area contributed by atoms with Crippen LogP contribution in [0.25, 0.3) is 5.69 Å². The molecule has 0 bridgehead atoms. The van der Waals surface area contributed by atoms with Gasteiger partial charge in [0.05, 0.1) is 21.8 Å². The van der Waals surface area contributed by atoms with Crippen molar-refractivity contribution < 1.29 is 32.1 Å². The molecular formula is C24H24Cl2F2N4O7S. The second-order valence-electron chi connectivity index (χ2n) is 10.2. The van der Waals surface area contributed by atoms with Crippen LogP contribution in [-0.4, -0.2) is 45.5 Å². The van der Waals surface area contributed by atoms with Gasteiger partial charge in [-0.3, -0.25) is 9.78 Å². The molecule has 0 saturated heterocycles. The Morgan fingerprint density at radius 1 is 1.15 bits per heavy atom. The van der Waals surface area contributed by atoms with Crippen LogP contribution in [0.1, 0.15) is 51.3 Å². The first-order valence-corrected chi connectivity index (χ1v) is 14.0. The molecule has 1 saturated carbocycles. The van der Waals surface area contributed by atoms with Crippen LogP contribution in [0.5, 0.6) is 17.2 Å². The van der Waals surface area contributed by atoms with E-state index in [0.717, 1.165) is 18.2 Å². The predicted molar refractivity (Wildman–Crippen MR) is 142 cm³/mol. The van der Waals surface area contributed by atoms with Gasteiger partial charge in [-0.05, 0) is 36.5 Å². The second kappa shape index (κ2) is 10.7. The molecule has 40 heavy (non-hydrogen) atoms. The van der Waals surface area contributed by atoms with Gasteiger partial charge in [-0.25, -0.2) is 26.7 Å². The topological polar surface area (TPSA) is 164 Å². The van der Waals surface area contributed by atoms with Gasteiger partial charge in [0.1, 0.15) is 16.4 Å². The third-order valence-corrected chi connectivity index (χ3v) is 8.20. The lowest BCUT2D eigenvalue weighted by atomic mass is 9.86. The van der Waals surface area contributed by atoms with Crippen molar-refractivity contribution in [3.8, 4) is 22.9 Å². The number of aromatic amines is 1. The van der Waals surface area contributed by atoms with Gasteiger partial charge in [0.2, 0.25) is 10.0 Å². The van der Waals surface area contributed by atoms with Gasteiger partial charge in [-0.15, -0.1) is 0 Å². The van der Waals surface area contributed by atoms with Crippen LogP contribution < -0.4 is 20.7 Å². The van der Waals surface area contributed by atoms with Crippen molar-refractivity contribution in [3.05, 3.63) is 66.4 Å². The molecule has 1 heterocycles. The molecule has 1 fully saturated rings. The number of aliphatic hydroxyl groups excluding tert-OH is 1.